The van der Waals surface area contributed by atoms with Crippen molar-refractivity contribution in [1.29, 1.82) is 0 Å². The van der Waals surface area contributed by atoms with Gasteiger partial charge in [-0.1, -0.05) is 103 Å². The molecule has 1 amide bonds. The van der Waals surface area contributed by atoms with Crippen LogP contribution >= 0.6 is 0 Å². The SMILES string of the molecule is CCCCNC(=O)O/N=C(/c1ccccc1)c1ccc(-c2ccccc2)cc1. The van der Waals surface area contributed by atoms with Crippen molar-refractivity contribution in [2.45, 2.75) is 19.8 Å². The fourth-order valence-electron chi connectivity index (χ4n) is 2.81. The second kappa shape index (κ2) is 10.1. The summed E-state index contributed by atoms with van der Waals surface area (Å²) in [6.45, 7) is 2.65. The van der Waals surface area contributed by atoms with Crippen molar-refractivity contribution in [2.75, 3.05) is 6.54 Å². The molecule has 142 valence electrons. The number of hydrogen-bond acceptors (Lipinski definition) is 3. The summed E-state index contributed by atoms with van der Waals surface area (Å²) in [5, 5.41) is 6.85. The molecule has 3 aromatic carbocycles. The van der Waals surface area contributed by atoms with E-state index in [1.807, 2.05) is 72.8 Å². The highest BCUT2D eigenvalue weighted by molar-refractivity contribution is 6.12. The van der Waals surface area contributed by atoms with E-state index in [0.29, 0.717) is 12.3 Å². The lowest BCUT2D eigenvalue weighted by Gasteiger charge is -2.09. The number of oxime groups is 1. The van der Waals surface area contributed by atoms with Gasteiger partial charge in [0.05, 0.1) is 0 Å². The number of nitrogens with zero attached hydrogens (tertiary/aromatic N) is 1. The number of nitrogens with one attached hydrogen (secondary N) is 1. The summed E-state index contributed by atoms with van der Waals surface area (Å²) in [7, 11) is 0. The number of benzene rings is 3. The van der Waals surface area contributed by atoms with E-state index in [4.69, 9.17) is 4.84 Å². The first kappa shape index (κ1) is 19.4. The van der Waals surface area contributed by atoms with Crippen molar-refractivity contribution in [3.8, 4) is 11.1 Å². The van der Waals surface area contributed by atoms with Gasteiger partial charge in [0.1, 0.15) is 5.71 Å². The van der Waals surface area contributed by atoms with E-state index in [1.165, 1.54) is 0 Å². The van der Waals surface area contributed by atoms with E-state index in [9.17, 15) is 4.79 Å². The predicted octanol–water partition coefficient (Wildman–Crippen LogP) is 5.63. The first-order valence-electron chi connectivity index (χ1n) is 9.52. The van der Waals surface area contributed by atoms with Crippen LogP contribution in [0.3, 0.4) is 0 Å². The molecule has 4 nitrogen and oxygen atoms in total. The van der Waals surface area contributed by atoms with E-state index < -0.39 is 6.09 Å². The second-order valence-electron chi connectivity index (χ2n) is 6.41. The molecule has 0 fully saturated rings. The smallest absolute Gasteiger partial charge is 0.320 e. The summed E-state index contributed by atoms with van der Waals surface area (Å²) in [6, 6.07) is 28.0. The van der Waals surface area contributed by atoms with Gasteiger partial charge < -0.3 is 5.32 Å². The quantitative estimate of drug-likeness (QED) is 0.253. The number of carbonyl (C=O) groups excluding carboxylic acids is 1. The third-order valence-electron chi connectivity index (χ3n) is 4.33. The third-order valence-corrected chi connectivity index (χ3v) is 4.33. The van der Waals surface area contributed by atoms with Crippen LogP contribution in [-0.2, 0) is 4.84 Å². The Morgan fingerprint density at radius 2 is 1.39 bits per heavy atom. The van der Waals surface area contributed by atoms with Gasteiger partial charge in [-0.15, -0.1) is 0 Å². The molecule has 0 saturated carbocycles. The standard InChI is InChI=1S/C24H24N2O2/c1-2-3-18-25-24(27)28-26-23(21-12-8-5-9-13-21)22-16-14-20(15-17-22)19-10-6-4-7-11-19/h4-17H,2-3,18H2,1H3,(H,25,27)/b26-23-. The average molecular weight is 372 g/mol. The first-order valence-corrected chi connectivity index (χ1v) is 9.52. The lowest BCUT2D eigenvalue weighted by Crippen LogP contribution is -2.24. The predicted molar refractivity (Wildman–Crippen MR) is 113 cm³/mol. The van der Waals surface area contributed by atoms with Crippen molar-refractivity contribution >= 4 is 11.8 Å². The Balaban J connectivity index is 1.83. The minimum absolute atomic E-state index is 0.539. The summed E-state index contributed by atoms with van der Waals surface area (Å²) in [6.07, 6.45) is 1.38. The zero-order chi connectivity index (χ0) is 19.6. The maximum Gasteiger partial charge on any atom is 0.433 e. The van der Waals surface area contributed by atoms with Crippen LogP contribution in [0.15, 0.2) is 90.1 Å². The highest BCUT2D eigenvalue weighted by Crippen LogP contribution is 2.21. The van der Waals surface area contributed by atoms with Gasteiger partial charge in [0.15, 0.2) is 0 Å². The molecule has 0 atom stereocenters. The van der Waals surface area contributed by atoms with Gasteiger partial charge in [-0.2, -0.15) is 0 Å². The van der Waals surface area contributed by atoms with Crippen LogP contribution in [0.5, 0.6) is 0 Å². The molecule has 0 heterocycles. The molecule has 0 aliphatic heterocycles. The van der Waals surface area contributed by atoms with Crippen LogP contribution in [0.25, 0.3) is 11.1 Å². The maximum atomic E-state index is 11.9. The molecule has 0 aliphatic carbocycles. The molecule has 0 radical (unpaired) electrons. The normalized spacial score (nSPS) is 11.1. The zero-order valence-electron chi connectivity index (χ0n) is 16.0. The summed E-state index contributed by atoms with van der Waals surface area (Å²) < 4.78 is 0. The van der Waals surface area contributed by atoms with Gasteiger partial charge in [0.25, 0.3) is 0 Å². The summed E-state index contributed by atoms with van der Waals surface area (Å²) in [4.78, 5) is 17.0. The Morgan fingerprint density at radius 3 is 2.04 bits per heavy atom. The molecule has 3 aromatic rings. The summed E-state index contributed by atoms with van der Waals surface area (Å²) >= 11 is 0. The van der Waals surface area contributed by atoms with Crippen molar-refractivity contribution in [3.05, 3.63) is 96.1 Å². The highest BCUT2D eigenvalue weighted by Gasteiger charge is 2.10. The van der Waals surface area contributed by atoms with Gasteiger partial charge in [-0.05, 0) is 17.5 Å². The van der Waals surface area contributed by atoms with E-state index in [0.717, 1.165) is 35.1 Å². The molecule has 3 rings (SSSR count). The van der Waals surface area contributed by atoms with Crippen LogP contribution in [0.2, 0.25) is 0 Å². The average Bonchev–Trinajstić information content (AvgIpc) is 2.76. The lowest BCUT2D eigenvalue weighted by molar-refractivity contribution is 0.151. The fraction of sp³-hybridized carbons (Fsp3) is 0.167. The first-order chi connectivity index (χ1) is 13.8. The molecular weight excluding hydrogens is 348 g/mol. The van der Waals surface area contributed by atoms with Crippen molar-refractivity contribution in [3.63, 3.8) is 0 Å². The van der Waals surface area contributed by atoms with Crippen molar-refractivity contribution in [1.82, 2.24) is 5.32 Å². The molecule has 28 heavy (non-hydrogen) atoms. The van der Waals surface area contributed by atoms with Crippen LogP contribution in [0.4, 0.5) is 4.79 Å². The lowest BCUT2D eigenvalue weighted by atomic mass is 9.99. The van der Waals surface area contributed by atoms with Crippen LogP contribution in [0, 0.1) is 0 Å². The molecule has 4 heteroatoms. The molecule has 0 aliphatic rings. The van der Waals surface area contributed by atoms with E-state index in [1.54, 1.807) is 0 Å². The van der Waals surface area contributed by atoms with Crippen molar-refractivity contribution < 1.29 is 9.63 Å². The Kier molecular flexibility index (Phi) is 6.96. The minimum atomic E-state index is -0.539. The Hall–Kier alpha value is -3.40. The minimum Gasteiger partial charge on any atom is -0.320 e. The van der Waals surface area contributed by atoms with Crippen LogP contribution in [0.1, 0.15) is 30.9 Å². The van der Waals surface area contributed by atoms with E-state index >= 15 is 0 Å². The summed E-state index contributed by atoms with van der Waals surface area (Å²) in [5.41, 5.74) is 4.66. The Morgan fingerprint density at radius 1 is 0.821 bits per heavy atom. The largest absolute Gasteiger partial charge is 0.433 e. The van der Waals surface area contributed by atoms with Gasteiger partial charge in [-0.3, -0.25) is 4.84 Å². The van der Waals surface area contributed by atoms with Gasteiger partial charge in [0.2, 0.25) is 0 Å². The monoisotopic (exact) mass is 372 g/mol. The molecule has 0 aromatic heterocycles. The second-order valence-corrected chi connectivity index (χ2v) is 6.41. The molecule has 0 saturated heterocycles. The highest BCUT2D eigenvalue weighted by atomic mass is 16.7. The van der Waals surface area contributed by atoms with E-state index in [2.05, 4.69) is 29.5 Å². The topological polar surface area (TPSA) is 50.7 Å². The fourth-order valence-corrected chi connectivity index (χ4v) is 2.81. The number of carbonyl (C=O) groups is 1. The van der Waals surface area contributed by atoms with E-state index in [-0.39, 0.29) is 0 Å². The molecule has 1 N–H and O–H groups in total. The number of rotatable bonds is 7. The van der Waals surface area contributed by atoms with Crippen LogP contribution in [-0.4, -0.2) is 18.3 Å². The van der Waals surface area contributed by atoms with Gasteiger partial charge >= 0.3 is 6.09 Å². The zero-order valence-corrected chi connectivity index (χ0v) is 16.0. The van der Waals surface area contributed by atoms with Gasteiger partial charge in [0, 0.05) is 17.7 Å². The third kappa shape index (κ3) is 5.30. The molecular formula is C24H24N2O2. The van der Waals surface area contributed by atoms with Crippen LogP contribution < -0.4 is 5.32 Å². The van der Waals surface area contributed by atoms with Crippen molar-refractivity contribution in [2.24, 2.45) is 5.16 Å². The Bertz CT molecular complexity index is 904. The number of amides is 1. The van der Waals surface area contributed by atoms with Gasteiger partial charge in [-0.25, -0.2) is 4.79 Å². The Labute approximate surface area is 165 Å². The maximum absolute atomic E-state index is 11.9. The molecule has 0 bridgehead atoms. The molecule has 0 unspecified atom stereocenters. The number of unbranched alkanes of at least 4 members (excludes halogenated alkanes) is 1. The summed E-state index contributed by atoms with van der Waals surface area (Å²) in [5.74, 6) is 0. The molecule has 0 spiro atoms. The number of hydrogen-bond donors (Lipinski definition) is 1.